The summed E-state index contributed by atoms with van der Waals surface area (Å²) in [6.07, 6.45) is -0.771. The minimum absolute atomic E-state index is 0.228. The highest BCUT2D eigenvalue weighted by Crippen LogP contribution is 2.32. The lowest BCUT2D eigenvalue weighted by molar-refractivity contribution is 0.162. The third-order valence-electron chi connectivity index (χ3n) is 1.92. The van der Waals surface area contributed by atoms with Gasteiger partial charge in [0.25, 0.3) is 0 Å². The van der Waals surface area contributed by atoms with Crippen molar-refractivity contribution in [3.63, 3.8) is 0 Å². The fraction of sp³-hybridized carbons (Fsp3) is 0.333. The molecule has 0 aliphatic rings. The smallest absolute Gasteiger partial charge is 0.162 e. The van der Waals surface area contributed by atoms with Crippen LogP contribution in [0.15, 0.2) is 18.2 Å². The molecule has 0 aliphatic heterocycles. The Morgan fingerprint density at radius 2 is 1.92 bits per heavy atom. The van der Waals surface area contributed by atoms with Crippen LogP contribution in [-0.4, -0.2) is 21.4 Å². The Labute approximate surface area is 76.2 Å². The van der Waals surface area contributed by atoms with E-state index in [0.717, 1.165) is 0 Å². The molecule has 0 amide bonds. The van der Waals surface area contributed by atoms with E-state index in [0.29, 0.717) is 5.56 Å². The van der Waals surface area contributed by atoms with Crippen molar-refractivity contribution in [3.05, 3.63) is 23.8 Å². The van der Waals surface area contributed by atoms with Crippen LogP contribution < -0.4 is 5.73 Å². The van der Waals surface area contributed by atoms with Gasteiger partial charge in [0.1, 0.15) is 0 Å². The fourth-order valence-electron chi connectivity index (χ4n) is 1.08. The standard InChI is InChI=1S/C9H13NO3/c1-5(11)8(10)6-3-2-4-7(12)9(6)13/h2-5,8,11-13H,10H2,1H3/t5-,8+/m0/s1. The Hall–Kier alpha value is -1.26. The molecule has 0 bridgehead atoms. The second-order valence-corrected chi connectivity index (χ2v) is 2.98. The molecule has 0 saturated heterocycles. The van der Waals surface area contributed by atoms with Crippen molar-refractivity contribution in [2.75, 3.05) is 0 Å². The van der Waals surface area contributed by atoms with Crippen molar-refractivity contribution < 1.29 is 15.3 Å². The Kier molecular flexibility index (Phi) is 2.75. The summed E-state index contributed by atoms with van der Waals surface area (Å²) in [5, 5.41) is 27.7. The number of rotatable bonds is 2. The van der Waals surface area contributed by atoms with E-state index >= 15 is 0 Å². The third-order valence-corrected chi connectivity index (χ3v) is 1.92. The molecule has 0 spiro atoms. The molecule has 0 radical (unpaired) electrons. The number of hydrogen-bond donors (Lipinski definition) is 4. The molecule has 1 aromatic carbocycles. The molecule has 4 nitrogen and oxygen atoms in total. The van der Waals surface area contributed by atoms with Gasteiger partial charge in [0, 0.05) is 5.56 Å². The van der Waals surface area contributed by atoms with Crippen LogP contribution in [0.4, 0.5) is 0 Å². The fourth-order valence-corrected chi connectivity index (χ4v) is 1.08. The van der Waals surface area contributed by atoms with Gasteiger partial charge < -0.3 is 21.1 Å². The van der Waals surface area contributed by atoms with Gasteiger partial charge in [-0.25, -0.2) is 0 Å². The topological polar surface area (TPSA) is 86.7 Å². The van der Waals surface area contributed by atoms with Gasteiger partial charge in [-0.15, -0.1) is 0 Å². The van der Waals surface area contributed by atoms with E-state index in [-0.39, 0.29) is 11.5 Å². The molecule has 0 fully saturated rings. The maximum atomic E-state index is 9.38. The van der Waals surface area contributed by atoms with E-state index in [9.17, 15) is 10.2 Å². The zero-order chi connectivity index (χ0) is 10.0. The van der Waals surface area contributed by atoms with E-state index < -0.39 is 12.1 Å². The van der Waals surface area contributed by atoms with Gasteiger partial charge >= 0.3 is 0 Å². The summed E-state index contributed by atoms with van der Waals surface area (Å²) in [4.78, 5) is 0. The maximum absolute atomic E-state index is 9.38. The molecule has 4 heteroatoms. The van der Waals surface area contributed by atoms with E-state index in [1.807, 2.05) is 0 Å². The quantitative estimate of drug-likeness (QED) is 0.502. The molecular weight excluding hydrogens is 170 g/mol. The van der Waals surface area contributed by atoms with Crippen LogP contribution in [0.1, 0.15) is 18.5 Å². The number of nitrogens with two attached hydrogens (primary N) is 1. The molecule has 0 aliphatic carbocycles. The highest BCUT2D eigenvalue weighted by Gasteiger charge is 2.17. The second kappa shape index (κ2) is 3.64. The van der Waals surface area contributed by atoms with Gasteiger partial charge in [-0.2, -0.15) is 0 Å². The zero-order valence-corrected chi connectivity index (χ0v) is 7.31. The first kappa shape index (κ1) is 9.83. The zero-order valence-electron chi connectivity index (χ0n) is 7.31. The molecule has 72 valence electrons. The lowest BCUT2D eigenvalue weighted by atomic mass is 10.0. The number of aromatic hydroxyl groups is 2. The van der Waals surface area contributed by atoms with Crippen molar-refractivity contribution in [3.8, 4) is 11.5 Å². The average molecular weight is 183 g/mol. The summed E-state index contributed by atoms with van der Waals surface area (Å²) >= 11 is 0. The molecule has 0 heterocycles. The van der Waals surface area contributed by atoms with Crippen molar-refractivity contribution in [1.29, 1.82) is 0 Å². The number of aliphatic hydroxyl groups is 1. The molecular formula is C9H13NO3. The van der Waals surface area contributed by atoms with E-state index in [1.54, 1.807) is 12.1 Å². The van der Waals surface area contributed by atoms with Crippen molar-refractivity contribution in [1.82, 2.24) is 0 Å². The summed E-state index contributed by atoms with van der Waals surface area (Å²) in [5.41, 5.74) is 5.93. The summed E-state index contributed by atoms with van der Waals surface area (Å²) in [6.45, 7) is 1.52. The normalized spacial score (nSPS) is 15.3. The second-order valence-electron chi connectivity index (χ2n) is 2.98. The summed E-state index contributed by atoms with van der Waals surface area (Å²) < 4.78 is 0. The van der Waals surface area contributed by atoms with E-state index in [1.165, 1.54) is 13.0 Å². The van der Waals surface area contributed by atoms with Gasteiger partial charge in [-0.3, -0.25) is 0 Å². The third kappa shape index (κ3) is 1.91. The first-order valence-corrected chi connectivity index (χ1v) is 3.98. The molecule has 0 aromatic heterocycles. The first-order valence-electron chi connectivity index (χ1n) is 3.98. The van der Waals surface area contributed by atoms with Crippen LogP contribution in [0.3, 0.4) is 0 Å². The number of phenolic OH excluding ortho intramolecular Hbond substituents is 2. The highest BCUT2D eigenvalue weighted by molar-refractivity contribution is 5.46. The Morgan fingerprint density at radius 3 is 2.46 bits per heavy atom. The number of benzene rings is 1. The predicted molar refractivity (Wildman–Crippen MR) is 48.4 cm³/mol. The minimum Gasteiger partial charge on any atom is -0.504 e. The van der Waals surface area contributed by atoms with Crippen LogP contribution in [0.5, 0.6) is 11.5 Å². The van der Waals surface area contributed by atoms with Crippen molar-refractivity contribution >= 4 is 0 Å². The molecule has 0 unspecified atom stereocenters. The highest BCUT2D eigenvalue weighted by atomic mass is 16.3. The number of para-hydroxylation sites is 1. The molecule has 13 heavy (non-hydrogen) atoms. The Bertz CT molecular complexity index is 299. The molecule has 5 N–H and O–H groups in total. The minimum atomic E-state index is -0.771. The van der Waals surface area contributed by atoms with Crippen molar-refractivity contribution in [2.45, 2.75) is 19.1 Å². The lowest BCUT2D eigenvalue weighted by Gasteiger charge is -2.16. The van der Waals surface area contributed by atoms with Crippen LogP contribution in [-0.2, 0) is 0 Å². The van der Waals surface area contributed by atoms with Crippen LogP contribution >= 0.6 is 0 Å². The van der Waals surface area contributed by atoms with Gasteiger partial charge in [-0.1, -0.05) is 12.1 Å². The van der Waals surface area contributed by atoms with Gasteiger partial charge in [0.2, 0.25) is 0 Å². The number of phenols is 2. The molecule has 0 saturated carbocycles. The monoisotopic (exact) mass is 183 g/mol. The summed E-state index contributed by atoms with van der Waals surface area (Å²) in [5.74, 6) is -0.496. The summed E-state index contributed by atoms with van der Waals surface area (Å²) in [7, 11) is 0. The van der Waals surface area contributed by atoms with Gasteiger partial charge in [0.05, 0.1) is 12.1 Å². The molecule has 1 rings (SSSR count). The van der Waals surface area contributed by atoms with E-state index in [2.05, 4.69) is 0 Å². The lowest BCUT2D eigenvalue weighted by Crippen LogP contribution is -2.23. The van der Waals surface area contributed by atoms with Gasteiger partial charge in [-0.05, 0) is 13.0 Å². The largest absolute Gasteiger partial charge is 0.504 e. The van der Waals surface area contributed by atoms with Crippen molar-refractivity contribution in [2.24, 2.45) is 5.73 Å². The Balaban J connectivity index is 3.07. The van der Waals surface area contributed by atoms with Gasteiger partial charge in [0.15, 0.2) is 11.5 Å². The first-order chi connectivity index (χ1) is 6.04. The van der Waals surface area contributed by atoms with Crippen LogP contribution in [0.2, 0.25) is 0 Å². The molecule has 1 aromatic rings. The summed E-state index contributed by atoms with van der Waals surface area (Å²) in [6, 6.07) is 3.79. The van der Waals surface area contributed by atoms with Crippen LogP contribution in [0.25, 0.3) is 0 Å². The predicted octanol–water partition coefficient (Wildman–Crippen LogP) is 0.478. The SMILES string of the molecule is C[C@H](O)[C@@H](N)c1cccc(O)c1O. The maximum Gasteiger partial charge on any atom is 0.162 e. The van der Waals surface area contributed by atoms with E-state index in [4.69, 9.17) is 10.8 Å². The molecule has 2 atom stereocenters. The van der Waals surface area contributed by atoms with Crippen LogP contribution in [0, 0.1) is 0 Å². The number of aliphatic hydroxyl groups excluding tert-OH is 1. The Morgan fingerprint density at radius 1 is 1.31 bits per heavy atom. The number of hydrogen-bond acceptors (Lipinski definition) is 4. The average Bonchev–Trinajstić information content (AvgIpc) is 2.08.